The molecule has 2 heterocycles. The van der Waals surface area contributed by atoms with Gasteiger partial charge in [-0.2, -0.15) is 0 Å². The van der Waals surface area contributed by atoms with Gasteiger partial charge in [0.1, 0.15) is 0 Å². The van der Waals surface area contributed by atoms with Crippen molar-refractivity contribution < 1.29 is 5.11 Å². The van der Waals surface area contributed by atoms with Crippen molar-refractivity contribution >= 4 is 0 Å². The van der Waals surface area contributed by atoms with Crippen LogP contribution in [0, 0.1) is 46.3 Å². The van der Waals surface area contributed by atoms with Crippen LogP contribution in [0.4, 0.5) is 0 Å². The second kappa shape index (κ2) is 6.35. The molecule has 0 aromatic rings. The Hall–Kier alpha value is -0.340. The van der Waals surface area contributed by atoms with Crippen LogP contribution in [0.25, 0.3) is 0 Å². The van der Waals surface area contributed by atoms with Gasteiger partial charge in [-0.3, -0.25) is 4.90 Å². The summed E-state index contributed by atoms with van der Waals surface area (Å²) in [6.45, 7) is 11.8. The Morgan fingerprint density at radius 2 is 1.83 bits per heavy atom. The molecule has 2 aliphatic heterocycles. The third-order valence-electron chi connectivity index (χ3n) is 11.7. The van der Waals surface area contributed by atoms with Crippen LogP contribution in [-0.4, -0.2) is 34.7 Å². The van der Waals surface area contributed by atoms with Gasteiger partial charge >= 0.3 is 0 Å². The maximum Gasteiger partial charge on any atom is 0.0577 e. The quantitative estimate of drug-likeness (QED) is 0.534. The molecule has 162 valence electrons. The fourth-order valence-electron chi connectivity index (χ4n) is 10.4. The van der Waals surface area contributed by atoms with Crippen molar-refractivity contribution in [1.29, 1.82) is 0 Å². The Labute approximate surface area is 178 Å². The summed E-state index contributed by atoms with van der Waals surface area (Å²) >= 11 is 0. The molecule has 1 N–H and O–H groups in total. The van der Waals surface area contributed by atoms with E-state index in [0.29, 0.717) is 10.8 Å². The first-order valence-corrected chi connectivity index (χ1v) is 13.0. The van der Waals surface area contributed by atoms with Gasteiger partial charge in [0, 0.05) is 18.6 Å². The summed E-state index contributed by atoms with van der Waals surface area (Å²) in [6, 6.07) is 1.75. The molecule has 0 aromatic carbocycles. The number of fused-ring (bicyclic) bond motifs is 9. The van der Waals surface area contributed by atoms with E-state index in [9.17, 15) is 5.11 Å². The standard InChI is InChI=1S/C27H43NO/c1-16-5-8-23-17(2)25-24(28(23)15-16)14-22-20-7-6-18-13-19(29)9-11-26(18,3)21(20)10-12-27(22,25)4/h6,16-17,19-25,29H,5,7-15H2,1-4H3/t16-,17?,19?,20+,21-,22-,23+,24-,25?,26-,27?/m0/s1. The van der Waals surface area contributed by atoms with E-state index in [1.807, 2.05) is 0 Å². The number of hydrogen-bond acceptors (Lipinski definition) is 2. The van der Waals surface area contributed by atoms with Crippen LogP contribution in [0.5, 0.6) is 0 Å². The SMILES string of the molecule is CC1C2[C@H](C[C@H]3[C@@H]4CC=C5CC(O)CC[C@]5(C)[C@H]4CCC23C)N2C[C@@H](C)CC[C@H]12. The molecule has 0 bridgehead atoms. The van der Waals surface area contributed by atoms with Gasteiger partial charge in [0.05, 0.1) is 6.10 Å². The summed E-state index contributed by atoms with van der Waals surface area (Å²) < 4.78 is 0. The highest BCUT2D eigenvalue weighted by Gasteiger charge is 2.66. The molecule has 6 aliphatic rings. The van der Waals surface area contributed by atoms with Crippen LogP contribution in [-0.2, 0) is 0 Å². The predicted molar refractivity (Wildman–Crippen MR) is 118 cm³/mol. The van der Waals surface area contributed by atoms with E-state index < -0.39 is 0 Å². The molecule has 0 aromatic heterocycles. The van der Waals surface area contributed by atoms with Gasteiger partial charge < -0.3 is 5.11 Å². The lowest BCUT2D eigenvalue weighted by molar-refractivity contribution is -0.0574. The molecule has 5 fully saturated rings. The van der Waals surface area contributed by atoms with Crippen LogP contribution >= 0.6 is 0 Å². The Bertz CT molecular complexity index is 715. The minimum atomic E-state index is -0.0792. The normalized spacial score (nSPS) is 59.2. The van der Waals surface area contributed by atoms with Crippen molar-refractivity contribution in [1.82, 2.24) is 4.90 Å². The molecule has 6 rings (SSSR count). The molecule has 11 atom stereocenters. The van der Waals surface area contributed by atoms with Crippen molar-refractivity contribution in [2.45, 2.75) is 104 Å². The second-order valence-corrected chi connectivity index (χ2v) is 12.8. The Morgan fingerprint density at radius 1 is 1.00 bits per heavy atom. The van der Waals surface area contributed by atoms with E-state index in [2.05, 4.69) is 38.7 Å². The number of hydrogen-bond donors (Lipinski definition) is 1. The van der Waals surface area contributed by atoms with E-state index in [-0.39, 0.29) is 6.10 Å². The number of aliphatic hydroxyl groups excluding tert-OH is 1. The first-order chi connectivity index (χ1) is 13.8. The van der Waals surface area contributed by atoms with Gasteiger partial charge in [0.15, 0.2) is 0 Å². The van der Waals surface area contributed by atoms with E-state index in [0.717, 1.165) is 60.4 Å². The number of allylic oxidation sites excluding steroid dienone is 1. The van der Waals surface area contributed by atoms with Gasteiger partial charge in [-0.1, -0.05) is 39.3 Å². The zero-order chi connectivity index (χ0) is 20.1. The zero-order valence-corrected chi connectivity index (χ0v) is 19.2. The van der Waals surface area contributed by atoms with Crippen molar-refractivity contribution in [2.24, 2.45) is 46.3 Å². The summed E-state index contributed by atoms with van der Waals surface area (Å²) in [5.41, 5.74) is 2.58. The van der Waals surface area contributed by atoms with E-state index in [1.165, 1.54) is 51.5 Å². The second-order valence-electron chi connectivity index (χ2n) is 12.8. The molecule has 2 nitrogen and oxygen atoms in total. The molecule has 2 saturated heterocycles. The van der Waals surface area contributed by atoms with Crippen LogP contribution in [0.15, 0.2) is 11.6 Å². The number of aliphatic hydroxyl groups is 1. The Balaban J connectivity index is 1.33. The van der Waals surface area contributed by atoms with Crippen molar-refractivity contribution in [3.63, 3.8) is 0 Å². The van der Waals surface area contributed by atoms with Gasteiger partial charge in [-0.25, -0.2) is 0 Å². The molecule has 4 aliphatic carbocycles. The molecular formula is C27H43NO. The monoisotopic (exact) mass is 397 g/mol. The van der Waals surface area contributed by atoms with Crippen LogP contribution < -0.4 is 0 Å². The lowest BCUT2D eigenvalue weighted by Gasteiger charge is -2.58. The van der Waals surface area contributed by atoms with Gasteiger partial charge in [0.25, 0.3) is 0 Å². The largest absolute Gasteiger partial charge is 0.393 e. The van der Waals surface area contributed by atoms with Gasteiger partial charge in [-0.05, 0) is 104 Å². The van der Waals surface area contributed by atoms with Crippen LogP contribution in [0.2, 0.25) is 0 Å². The Kier molecular flexibility index (Phi) is 4.23. The third kappa shape index (κ3) is 2.48. The van der Waals surface area contributed by atoms with Gasteiger partial charge in [0.2, 0.25) is 0 Å². The van der Waals surface area contributed by atoms with Gasteiger partial charge in [-0.15, -0.1) is 0 Å². The maximum atomic E-state index is 10.3. The number of nitrogens with zero attached hydrogens (tertiary/aromatic N) is 1. The molecule has 2 heteroatoms. The summed E-state index contributed by atoms with van der Waals surface area (Å²) in [5, 5.41) is 10.3. The first kappa shape index (κ1) is 19.4. The fraction of sp³-hybridized carbons (Fsp3) is 0.926. The van der Waals surface area contributed by atoms with Crippen molar-refractivity contribution in [3.8, 4) is 0 Å². The molecule has 0 radical (unpaired) electrons. The highest BCUT2D eigenvalue weighted by Crippen LogP contribution is 2.69. The first-order valence-electron chi connectivity index (χ1n) is 13.0. The predicted octanol–water partition coefficient (Wildman–Crippen LogP) is 5.66. The van der Waals surface area contributed by atoms with Crippen molar-refractivity contribution in [2.75, 3.05) is 6.54 Å². The minimum Gasteiger partial charge on any atom is -0.393 e. The summed E-state index contributed by atoms with van der Waals surface area (Å²) in [5.74, 6) is 5.44. The minimum absolute atomic E-state index is 0.0792. The fourth-order valence-corrected chi connectivity index (χ4v) is 10.4. The van der Waals surface area contributed by atoms with Crippen LogP contribution in [0.3, 0.4) is 0 Å². The average molecular weight is 398 g/mol. The molecule has 29 heavy (non-hydrogen) atoms. The summed E-state index contributed by atoms with van der Waals surface area (Å²) in [7, 11) is 0. The lowest BCUT2D eigenvalue weighted by atomic mass is 9.47. The van der Waals surface area contributed by atoms with Crippen LogP contribution in [0.1, 0.15) is 85.5 Å². The van der Waals surface area contributed by atoms with E-state index in [1.54, 1.807) is 5.57 Å². The summed E-state index contributed by atoms with van der Waals surface area (Å²) in [4.78, 5) is 3.02. The maximum absolute atomic E-state index is 10.3. The lowest BCUT2D eigenvalue weighted by Crippen LogP contribution is -2.51. The third-order valence-corrected chi connectivity index (χ3v) is 11.7. The molecule has 3 saturated carbocycles. The smallest absolute Gasteiger partial charge is 0.0577 e. The van der Waals surface area contributed by atoms with E-state index in [4.69, 9.17) is 0 Å². The topological polar surface area (TPSA) is 23.5 Å². The van der Waals surface area contributed by atoms with E-state index >= 15 is 0 Å². The molecular weight excluding hydrogens is 354 g/mol. The molecule has 0 spiro atoms. The number of piperidine rings is 1. The highest BCUT2D eigenvalue weighted by molar-refractivity contribution is 5.26. The number of rotatable bonds is 0. The highest BCUT2D eigenvalue weighted by atomic mass is 16.3. The molecule has 0 amide bonds. The Morgan fingerprint density at radius 3 is 2.66 bits per heavy atom. The molecule has 4 unspecified atom stereocenters. The average Bonchev–Trinajstić information content (AvgIpc) is 3.15. The summed E-state index contributed by atoms with van der Waals surface area (Å²) in [6.07, 6.45) is 14.3. The zero-order valence-electron chi connectivity index (χ0n) is 19.2. The van der Waals surface area contributed by atoms with Crippen molar-refractivity contribution in [3.05, 3.63) is 11.6 Å².